The van der Waals surface area contributed by atoms with E-state index in [0.717, 1.165) is 25.9 Å². The molecule has 2 aliphatic rings. The lowest BCUT2D eigenvalue weighted by Gasteiger charge is -2.20. The van der Waals surface area contributed by atoms with Crippen LogP contribution >= 0.6 is 12.2 Å². The summed E-state index contributed by atoms with van der Waals surface area (Å²) in [5.74, 6) is -0.318. The van der Waals surface area contributed by atoms with Crippen molar-refractivity contribution in [3.8, 4) is 0 Å². The van der Waals surface area contributed by atoms with Crippen LogP contribution in [0.5, 0.6) is 0 Å². The summed E-state index contributed by atoms with van der Waals surface area (Å²) in [4.78, 5) is 15.4. The summed E-state index contributed by atoms with van der Waals surface area (Å²) in [6, 6.07) is 4.86. The fraction of sp³-hybridized carbons (Fsp3) is 0.467. The molecular formula is C15H19FN4O2S. The normalized spacial score (nSPS) is 20.7. The number of nitrogens with zero attached hydrogens (tertiary/aromatic N) is 2. The van der Waals surface area contributed by atoms with Gasteiger partial charge in [-0.15, -0.1) is 0 Å². The summed E-state index contributed by atoms with van der Waals surface area (Å²) >= 11 is 4.72. The number of amides is 1. The molecule has 2 saturated heterocycles. The van der Waals surface area contributed by atoms with Crippen LogP contribution in [0.4, 0.5) is 20.6 Å². The minimum Gasteiger partial charge on any atom is -0.442 e. The molecule has 1 amide bonds. The minimum atomic E-state index is -0.493. The second-order valence-electron chi connectivity index (χ2n) is 5.69. The van der Waals surface area contributed by atoms with Crippen LogP contribution in [0, 0.1) is 5.82 Å². The van der Waals surface area contributed by atoms with E-state index in [9.17, 15) is 9.18 Å². The van der Waals surface area contributed by atoms with Crippen molar-refractivity contribution in [3.05, 3.63) is 24.0 Å². The van der Waals surface area contributed by atoms with Gasteiger partial charge in [0.05, 0.1) is 24.5 Å². The van der Waals surface area contributed by atoms with Gasteiger partial charge in [0.1, 0.15) is 11.9 Å². The number of halogens is 1. The average Bonchev–Trinajstić information content (AvgIpc) is 3.14. The number of carbonyl (C=O) groups is 1. The first kappa shape index (κ1) is 15.8. The molecule has 3 rings (SSSR count). The lowest BCUT2D eigenvalue weighted by molar-refractivity contribution is 0.143. The maximum atomic E-state index is 14.4. The van der Waals surface area contributed by atoms with E-state index in [1.807, 2.05) is 4.90 Å². The average molecular weight is 338 g/mol. The molecule has 3 N–H and O–H groups in total. The number of cyclic esters (lactones) is 1. The highest BCUT2D eigenvalue weighted by Crippen LogP contribution is 2.29. The molecule has 0 aliphatic carbocycles. The Bertz CT molecular complexity index is 621. The van der Waals surface area contributed by atoms with E-state index < -0.39 is 6.09 Å². The number of ether oxygens (including phenoxy) is 1. The maximum Gasteiger partial charge on any atom is 0.414 e. The molecule has 2 heterocycles. The van der Waals surface area contributed by atoms with Gasteiger partial charge in [-0.25, -0.2) is 9.18 Å². The molecule has 124 valence electrons. The molecule has 23 heavy (non-hydrogen) atoms. The number of thiocarbonyl (C=S) groups is 1. The molecule has 8 heteroatoms. The van der Waals surface area contributed by atoms with Crippen molar-refractivity contribution in [2.24, 2.45) is 5.73 Å². The van der Waals surface area contributed by atoms with E-state index in [2.05, 4.69) is 5.32 Å². The van der Waals surface area contributed by atoms with Crippen molar-refractivity contribution in [3.63, 3.8) is 0 Å². The van der Waals surface area contributed by atoms with Gasteiger partial charge >= 0.3 is 6.09 Å². The third kappa shape index (κ3) is 3.47. The number of hydrogen-bond donors (Lipinski definition) is 2. The van der Waals surface area contributed by atoms with E-state index in [0.29, 0.717) is 24.5 Å². The second-order valence-corrected chi connectivity index (χ2v) is 6.13. The maximum absolute atomic E-state index is 14.4. The Balaban J connectivity index is 1.70. The lowest BCUT2D eigenvalue weighted by Crippen LogP contribution is -2.37. The summed E-state index contributed by atoms with van der Waals surface area (Å²) in [7, 11) is 0. The van der Waals surface area contributed by atoms with Crippen LogP contribution in [-0.2, 0) is 4.74 Å². The zero-order valence-corrected chi connectivity index (χ0v) is 13.4. The Morgan fingerprint density at radius 3 is 2.83 bits per heavy atom. The highest BCUT2D eigenvalue weighted by atomic mass is 32.1. The van der Waals surface area contributed by atoms with Gasteiger partial charge in [-0.3, -0.25) is 4.90 Å². The SMILES string of the molecule is NC(=S)NC[C@H]1CN(c2ccc(N3CCCC3)c(F)c2)C(=O)O1. The van der Waals surface area contributed by atoms with E-state index in [1.54, 1.807) is 12.1 Å². The second kappa shape index (κ2) is 6.57. The van der Waals surface area contributed by atoms with Crippen LogP contribution in [0.25, 0.3) is 0 Å². The number of anilines is 2. The molecule has 0 radical (unpaired) electrons. The highest BCUT2D eigenvalue weighted by Gasteiger charge is 2.32. The minimum absolute atomic E-state index is 0.153. The Hall–Kier alpha value is -2.09. The van der Waals surface area contributed by atoms with Crippen LogP contribution in [0.15, 0.2) is 18.2 Å². The summed E-state index contributed by atoms with van der Waals surface area (Å²) in [5.41, 5.74) is 6.44. The molecular weight excluding hydrogens is 319 g/mol. The number of benzene rings is 1. The van der Waals surface area contributed by atoms with Crippen molar-refractivity contribution in [2.45, 2.75) is 18.9 Å². The third-order valence-electron chi connectivity index (χ3n) is 4.07. The molecule has 1 atom stereocenters. The van der Waals surface area contributed by atoms with E-state index >= 15 is 0 Å². The van der Waals surface area contributed by atoms with Gasteiger partial charge < -0.3 is 20.7 Å². The fourth-order valence-corrected chi connectivity index (χ4v) is 3.01. The Kier molecular flexibility index (Phi) is 4.51. The van der Waals surface area contributed by atoms with Gasteiger partial charge in [-0.2, -0.15) is 0 Å². The zero-order chi connectivity index (χ0) is 16.4. The highest BCUT2D eigenvalue weighted by molar-refractivity contribution is 7.80. The summed E-state index contributed by atoms with van der Waals surface area (Å²) in [5, 5.41) is 2.92. The molecule has 0 spiro atoms. The van der Waals surface area contributed by atoms with Gasteiger partial charge in [-0.1, -0.05) is 0 Å². The molecule has 6 nitrogen and oxygen atoms in total. The Morgan fingerprint density at radius 1 is 1.43 bits per heavy atom. The lowest BCUT2D eigenvalue weighted by atomic mass is 10.2. The van der Waals surface area contributed by atoms with Crippen LogP contribution in [0.1, 0.15) is 12.8 Å². The number of hydrogen-bond acceptors (Lipinski definition) is 4. The van der Waals surface area contributed by atoms with Crippen molar-refractivity contribution in [2.75, 3.05) is 36.0 Å². The van der Waals surface area contributed by atoms with Crippen molar-refractivity contribution in [1.29, 1.82) is 0 Å². The van der Waals surface area contributed by atoms with Crippen LogP contribution in [-0.4, -0.2) is 43.5 Å². The molecule has 0 aromatic heterocycles. The van der Waals surface area contributed by atoms with Crippen LogP contribution in [0.2, 0.25) is 0 Å². The number of rotatable bonds is 4. The van der Waals surface area contributed by atoms with E-state index in [4.69, 9.17) is 22.7 Å². The summed E-state index contributed by atoms with van der Waals surface area (Å²) in [6.07, 6.45) is 1.30. The Labute approximate surface area is 139 Å². The number of nitrogens with one attached hydrogen (secondary N) is 1. The van der Waals surface area contributed by atoms with Crippen LogP contribution < -0.4 is 20.9 Å². The molecule has 1 aromatic carbocycles. The van der Waals surface area contributed by atoms with Gasteiger partial charge in [0, 0.05) is 13.1 Å². The van der Waals surface area contributed by atoms with Crippen molar-refractivity contribution in [1.82, 2.24) is 5.32 Å². The van der Waals surface area contributed by atoms with E-state index in [1.165, 1.54) is 11.0 Å². The molecule has 0 bridgehead atoms. The predicted molar refractivity (Wildman–Crippen MR) is 90.3 cm³/mol. The van der Waals surface area contributed by atoms with Crippen LogP contribution in [0.3, 0.4) is 0 Å². The summed E-state index contributed by atoms with van der Waals surface area (Å²) < 4.78 is 19.6. The van der Waals surface area contributed by atoms with E-state index in [-0.39, 0.29) is 17.0 Å². The number of carbonyl (C=O) groups excluding carboxylic acids is 1. The first-order valence-corrected chi connectivity index (χ1v) is 8.01. The standard InChI is InChI=1S/C15H19FN4O2S/c16-12-7-10(3-4-13(12)19-5-1-2-6-19)20-9-11(22-15(20)21)8-18-14(17)23/h3-4,7,11H,1-2,5-6,8-9H2,(H3,17,18,23)/t11-/m0/s1. The van der Waals surface area contributed by atoms with Gasteiger partial charge in [0.25, 0.3) is 0 Å². The monoisotopic (exact) mass is 338 g/mol. The zero-order valence-electron chi connectivity index (χ0n) is 12.6. The first-order valence-electron chi connectivity index (χ1n) is 7.60. The van der Waals surface area contributed by atoms with Crippen molar-refractivity contribution >= 4 is 34.8 Å². The van der Waals surface area contributed by atoms with Crippen molar-refractivity contribution < 1.29 is 13.9 Å². The number of nitrogens with two attached hydrogens (primary N) is 1. The molecule has 2 aliphatic heterocycles. The summed E-state index contributed by atoms with van der Waals surface area (Å²) in [6.45, 7) is 2.41. The molecule has 1 aromatic rings. The molecule has 2 fully saturated rings. The van der Waals surface area contributed by atoms with Gasteiger partial charge in [-0.05, 0) is 43.3 Å². The topological polar surface area (TPSA) is 70.8 Å². The molecule has 0 saturated carbocycles. The van der Waals surface area contributed by atoms with Gasteiger partial charge in [0.2, 0.25) is 0 Å². The largest absolute Gasteiger partial charge is 0.442 e. The smallest absolute Gasteiger partial charge is 0.414 e. The predicted octanol–water partition coefficient (Wildman–Crippen LogP) is 1.58. The Morgan fingerprint density at radius 2 is 2.17 bits per heavy atom. The third-order valence-corrected chi connectivity index (χ3v) is 4.21. The quantitative estimate of drug-likeness (QED) is 0.813. The molecule has 0 unspecified atom stereocenters. The fourth-order valence-electron chi connectivity index (χ4n) is 2.93. The van der Waals surface area contributed by atoms with Gasteiger partial charge in [0.15, 0.2) is 5.11 Å². The first-order chi connectivity index (χ1) is 11.0.